The highest BCUT2D eigenvalue weighted by atomic mass is 32.1. The first-order valence-corrected chi connectivity index (χ1v) is 12.9. The molecule has 0 radical (unpaired) electrons. The lowest BCUT2D eigenvalue weighted by Crippen LogP contribution is -2.38. The van der Waals surface area contributed by atoms with Gasteiger partial charge < -0.3 is 14.6 Å². The summed E-state index contributed by atoms with van der Waals surface area (Å²) in [6, 6.07) is 13.9. The van der Waals surface area contributed by atoms with Gasteiger partial charge in [-0.15, -0.1) is 11.3 Å². The predicted molar refractivity (Wildman–Crippen MR) is 140 cm³/mol. The van der Waals surface area contributed by atoms with E-state index in [1.54, 1.807) is 0 Å². The maximum atomic E-state index is 13.9. The number of thiophene rings is 1. The fourth-order valence-electron chi connectivity index (χ4n) is 4.14. The summed E-state index contributed by atoms with van der Waals surface area (Å²) in [5, 5.41) is 9.48. The molecule has 0 spiro atoms. The Hall–Kier alpha value is -3.71. The molecule has 40 heavy (non-hydrogen) atoms. The van der Waals surface area contributed by atoms with Crippen molar-refractivity contribution in [2.75, 3.05) is 6.61 Å². The maximum absolute atomic E-state index is 13.9. The number of hydrogen-bond acceptors (Lipinski definition) is 6. The first-order chi connectivity index (χ1) is 18.7. The number of hydrogen-bond donors (Lipinski definition) is 2. The fraction of sp³-hybridized carbons (Fsp3) is 0.333. The molecule has 2 aromatic carbocycles. The lowest BCUT2D eigenvalue weighted by Gasteiger charge is -2.18. The van der Waals surface area contributed by atoms with Crippen molar-refractivity contribution in [2.45, 2.75) is 51.6 Å². The number of benzene rings is 2. The topological polar surface area (TPSA) is 93.5 Å². The second kappa shape index (κ2) is 11.4. The SMILES string of the molecule is Cc1c(-c2ccc(OCCCc3ccccc3)c(OC(C)(F)F)c2)sc2c1c(=O)[nH]c(=O)n2CC(O)C(F)(F)F. The molecule has 0 amide bonds. The summed E-state index contributed by atoms with van der Waals surface area (Å²) in [6.07, 6.45) is -10.1. The number of fused-ring (bicyclic) bond motifs is 1. The Balaban J connectivity index is 1.69. The summed E-state index contributed by atoms with van der Waals surface area (Å²) in [4.78, 5) is 27.1. The maximum Gasteiger partial charge on any atom is 0.416 e. The minimum atomic E-state index is -4.99. The largest absolute Gasteiger partial charge is 0.490 e. The number of H-pyrrole nitrogens is 1. The molecule has 7 nitrogen and oxygen atoms in total. The van der Waals surface area contributed by atoms with Gasteiger partial charge in [-0.05, 0) is 54.7 Å². The van der Waals surface area contributed by atoms with E-state index >= 15 is 0 Å². The lowest BCUT2D eigenvalue weighted by molar-refractivity contribution is -0.207. The minimum Gasteiger partial charge on any atom is -0.490 e. The zero-order chi connectivity index (χ0) is 29.2. The van der Waals surface area contributed by atoms with Crippen LogP contribution in [0.3, 0.4) is 0 Å². The number of aliphatic hydroxyl groups is 1. The Morgan fingerprint density at radius 3 is 2.40 bits per heavy atom. The predicted octanol–water partition coefficient (Wildman–Crippen LogP) is 5.65. The molecule has 1 unspecified atom stereocenters. The van der Waals surface area contributed by atoms with E-state index in [1.165, 1.54) is 25.1 Å². The molecule has 2 aromatic heterocycles. The number of halogens is 5. The Labute approximate surface area is 228 Å². The van der Waals surface area contributed by atoms with E-state index in [9.17, 15) is 36.6 Å². The average molecular weight is 585 g/mol. The number of nitrogens with zero attached hydrogens (tertiary/aromatic N) is 1. The molecular weight excluding hydrogens is 559 g/mol. The van der Waals surface area contributed by atoms with Gasteiger partial charge in [-0.3, -0.25) is 14.3 Å². The van der Waals surface area contributed by atoms with Crippen molar-refractivity contribution in [3.63, 3.8) is 0 Å². The van der Waals surface area contributed by atoms with Crippen LogP contribution in [-0.2, 0) is 13.0 Å². The number of aliphatic hydroxyl groups excluding tert-OH is 1. The van der Waals surface area contributed by atoms with Gasteiger partial charge in [0.05, 0.1) is 18.5 Å². The molecule has 0 fully saturated rings. The van der Waals surface area contributed by atoms with Crippen LogP contribution in [-0.4, -0.2) is 39.7 Å². The van der Waals surface area contributed by atoms with E-state index in [0.717, 1.165) is 16.9 Å². The molecular formula is C27H25F5N2O5S. The molecule has 0 aliphatic heterocycles. The summed E-state index contributed by atoms with van der Waals surface area (Å²) in [5.74, 6) is -0.222. The van der Waals surface area contributed by atoms with Gasteiger partial charge in [-0.25, -0.2) is 4.79 Å². The van der Waals surface area contributed by atoms with Crippen molar-refractivity contribution < 1.29 is 36.5 Å². The van der Waals surface area contributed by atoms with Crippen LogP contribution in [0.25, 0.3) is 20.7 Å². The van der Waals surface area contributed by atoms with Crippen molar-refractivity contribution in [3.8, 4) is 21.9 Å². The van der Waals surface area contributed by atoms with E-state index in [-0.39, 0.29) is 28.3 Å². The van der Waals surface area contributed by atoms with Crippen molar-refractivity contribution in [2.24, 2.45) is 0 Å². The van der Waals surface area contributed by atoms with Crippen LogP contribution in [0.4, 0.5) is 22.0 Å². The van der Waals surface area contributed by atoms with Crippen LogP contribution in [0.2, 0.25) is 0 Å². The van der Waals surface area contributed by atoms with Crippen molar-refractivity contribution in [3.05, 3.63) is 80.5 Å². The van der Waals surface area contributed by atoms with Gasteiger partial charge in [0.2, 0.25) is 0 Å². The van der Waals surface area contributed by atoms with Crippen LogP contribution in [0, 0.1) is 6.92 Å². The molecule has 2 N–H and O–H groups in total. The second-order valence-corrected chi connectivity index (χ2v) is 10.2. The third-order valence-corrected chi connectivity index (χ3v) is 7.37. The van der Waals surface area contributed by atoms with Crippen LogP contribution < -0.4 is 20.7 Å². The highest BCUT2D eigenvalue weighted by molar-refractivity contribution is 7.22. The summed E-state index contributed by atoms with van der Waals surface area (Å²) >= 11 is 0.817. The number of nitrogens with one attached hydrogen (secondary N) is 1. The zero-order valence-corrected chi connectivity index (χ0v) is 22.2. The highest BCUT2D eigenvalue weighted by Crippen LogP contribution is 2.41. The molecule has 0 saturated carbocycles. The van der Waals surface area contributed by atoms with Crippen LogP contribution >= 0.6 is 11.3 Å². The molecule has 0 saturated heterocycles. The van der Waals surface area contributed by atoms with Crippen molar-refractivity contribution in [1.29, 1.82) is 0 Å². The zero-order valence-electron chi connectivity index (χ0n) is 21.4. The van der Waals surface area contributed by atoms with Crippen molar-refractivity contribution in [1.82, 2.24) is 9.55 Å². The molecule has 4 rings (SSSR count). The summed E-state index contributed by atoms with van der Waals surface area (Å²) in [6.45, 7) is 1.15. The molecule has 1 atom stereocenters. The summed E-state index contributed by atoms with van der Waals surface area (Å²) < 4.78 is 77.9. The van der Waals surface area contributed by atoms with E-state index in [2.05, 4.69) is 0 Å². The molecule has 0 bridgehead atoms. The van der Waals surface area contributed by atoms with E-state index in [1.807, 2.05) is 35.3 Å². The monoisotopic (exact) mass is 584 g/mol. The number of aromatic amines is 1. The molecule has 0 aliphatic rings. The first kappa shape index (κ1) is 29.3. The fourth-order valence-corrected chi connectivity index (χ4v) is 5.45. The number of ether oxygens (including phenoxy) is 2. The van der Waals surface area contributed by atoms with E-state index in [4.69, 9.17) is 9.47 Å². The second-order valence-electron chi connectivity index (χ2n) is 9.17. The van der Waals surface area contributed by atoms with Crippen LogP contribution in [0.15, 0.2) is 58.1 Å². The molecule has 4 aromatic rings. The smallest absolute Gasteiger partial charge is 0.416 e. The van der Waals surface area contributed by atoms with E-state index < -0.39 is 36.2 Å². The number of aryl methyl sites for hydroxylation is 2. The molecule has 2 heterocycles. The Bertz CT molecular complexity index is 1610. The highest BCUT2D eigenvalue weighted by Gasteiger charge is 2.39. The van der Waals surface area contributed by atoms with Gasteiger partial charge in [0, 0.05) is 11.8 Å². The summed E-state index contributed by atoms with van der Waals surface area (Å²) in [5.41, 5.74) is -0.240. The van der Waals surface area contributed by atoms with Gasteiger partial charge in [0.15, 0.2) is 17.6 Å². The standard InChI is InChI=1S/C27H25F5N2O5S/c1-15-21-23(36)33-25(37)34(14-20(35)27(30,31)32)24(21)40-22(15)17-10-11-18(19(13-17)39-26(2,28)29)38-12-6-9-16-7-4-3-5-8-16/h3-5,7-8,10-11,13,20,35H,6,9,12,14H2,1-2H3,(H,33,36,37). The van der Waals surface area contributed by atoms with Gasteiger partial charge >= 0.3 is 18.0 Å². The van der Waals surface area contributed by atoms with Gasteiger partial charge in [-0.2, -0.15) is 22.0 Å². The Kier molecular flexibility index (Phi) is 8.36. The lowest BCUT2D eigenvalue weighted by atomic mass is 10.1. The number of aromatic nitrogens is 2. The van der Waals surface area contributed by atoms with Crippen LogP contribution in [0.1, 0.15) is 24.5 Å². The Morgan fingerprint density at radius 1 is 1.05 bits per heavy atom. The Morgan fingerprint density at radius 2 is 1.75 bits per heavy atom. The summed E-state index contributed by atoms with van der Waals surface area (Å²) in [7, 11) is 0. The van der Waals surface area contributed by atoms with Crippen LogP contribution in [0.5, 0.6) is 11.5 Å². The molecule has 13 heteroatoms. The normalized spacial score (nSPS) is 13.0. The minimum absolute atomic E-state index is 0.0557. The third kappa shape index (κ3) is 6.70. The number of alkyl halides is 5. The number of rotatable bonds is 10. The average Bonchev–Trinajstić information content (AvgIpc) is 3.21. The van der Waals surface area contributed by atoms with Crippen molar-refractivity contribution >= 4 is 21.6 Å². The first-order valence-electron chi connectivity index (χ1n) is 12.1. The van der Waals surface area contributed by atoms with Gasteiger partial charge in [0.25, 0.3) is 5.56 Å². The van der Waals surface area contributed by atoms with Gasteiger partial charge in [-0.1, -0.05) is 30.3 Å². The van der Waals surface area contributed by atoms with E-state index in [0.29, 0.717) is 40.3 Å². The van der Waals surface area contributed by atoms with Gasteiger partial charge in [0.1, 0.15) is 4.83 Å². The quantitative estimate of drug-likeness (QED) is 0.186. The third-order valence-electron chi connectivity index (χ3n) is 6.00. The molecule has 214 valence electrons. The molecule has 0 aliphatic carbocycles.